The van der Waals surface area contributed by atoms with Crippen molar-refractivity contribution >= 4 is 0 Å². The molecule has 1 aromatic heterocycles. The van der Waals surface area contributed by atoms with Crippen molar-refractivity contribution in [3.05, 3.63) is 17.0 Å². The molecule has 0 aliphatic carbocycles. The molecule has 0 bridgehead atoms. The molecule has 0 saturated carbocycles. The second-order valence-corrected chi connectivity index (χ2v) is 4.67. The van der Waals surface area contributed by atoms with Crippen LogP contribution in [0.4, 0.5) is 0 Å². The smallest absolute Gasteiger partial charge is 0.138 e. The zero-order valence-electron chi connectivity index (χ0n) is 10.4. The molecule has 16 heavy (non-hydrogen) atoms. The van der Waals surface area contributed by atoms with Crippen molar-refractivity contribution in [2.75, 3.05) is 13.1 Å². The standard InChI is InChI=1S/C12H21N3O/c1-4-6-15-7-5-10(13)12(15)11-8(2)14-16-9(11)3/h10,12H,4-7,13H2,1-3H3/t10-,12-/m0/s1. The molecule has 2 rings (SSSR count). The molecular weight excluding hydrogens is 202 g/mol. The number of nitrogens with zero attached hydrogens (tertiary/aromatic N) is 2. The zero-order valence-corrected chi connectivity index (χ0v) is 10.4. The van der Waals surface area contributed by atoms with Crippen LogP contribution in [0.3, 0.4) is 0 Å². The fourth-order valence-corrected chi connectivity index (χ4v) is 2.73. The van der Waals surface area contributed by atoms with Crippen LogP contribution in [0.15, 0.2) is 4.52 Å². The molecule has 0 spiro atoms. The maximum atomic E-state index is 6.22. The number of hydrogen-bond donors (Lipinski definition) is 1. The van der Waals surface area contributed by atoms with Crippen molar-refractivity contribution in [2.24, 2.45) is 5.73 Å². The van der Waals surface area contributed by atoms with E-state index in [9.17, 15) is 0 Å². The topological polar surface area (TPSA) is 55.3 Å². The Morgan fingerprint density at radius 1 is 1.50 bits per heavy atom. The minimum absolute atomic E-state index is 0.211. The molecule has 1 aliphatic heterocycles. The van der Waals surface area contributed by atoms with Gasteiger partial charge in [-0.15, -0.1) is 0 Å². The summed E-state index contributed by atoms with van der Waals surface area (Å²) in [5, 5.41) is 4.03. The molecule has 0 radical (unpaired) electrons. The van der Waals surface area contributed by atoms with E-state index in [-0.39, 0.29) is 6.04 Å². The molecule has 4 heteroatoms. The molecule has 4 nitrogen and oxygen atoms in total. The number of aryl methyl sites for hydroxylation is 2. The van der Waals surface area contributed by atoms with Crippen molar-refractivity contribution < 1.29 is 4.52 Å². The highest BCUT2D eigenvalue weighted by Crippen LogP contribution is 2.34. The predicted molar refractivity (Wildman–Crippen MR) is 63.2 cm³/mol. The molecular formula is C12H21N3O. The van der Waals surface area contributed by atoms with Gasteiger partial charge in [0.2, 0.25) is 0 Å². The van der Waals surface area contributed by atoms with E-state index >= 15 is 0 Å². The van der Waals surface area contributed by atoms with Crippen LogP contribution in [0, 0.1) is 13.8 Å². The summed E-state index contributed by atoms with van der Waals surface area (Å²) in [6.45, 7) is 8.37. The van der Waals surface area contributed by atoms with Gasteiger partial charge in [-0.3, -0.25) is 4.90 Å². The van der Waals surface area contributed by atoms with Crippen LogP contribution in [-0.4, -0.2) is 29.2 Å². The van der Waals surface area contributed by atoms with Crippen molar-refractivity contribution in [1.82, 2.24) is 10.1 Å². The fourth-order valence-electron chi connectivity index (χ4n) is 2.73. The average molecular weight is 223 g/mol. The first-order valence-electron chi connectivity index (χ1n) is 6.07. The summed E-state index contributed by atoms with van der Waals surface area (Å²) >= 11 is 0. The Morgan fingerprint density at radius 3 is 2.81 bits per heavy atom. The summed E-state index contributed by atoms with van der Waals surface area (Å²) in [7, 11) is 0. The van der Waals surface area contributed by atoms with Gasteiger partial charge in [-0.2, -0.15) is 0 Å². The van der Waals surface area contributed by atoms with Gasteiger partial charge in [0.25, 0.3) is 0 Å². The second-order valence-electron chi connectivity index (χ2n) is 4.67. The minimum atomic E-state index is 0.211. The van der Waals surface area contributed by atoms with Gasteiger partial charge < -0.3 is 10.3 Å². The Balaban J connectivity index is 2.29. The molecule has 2 N–H and O–H groups in total. The Kier molecular flexibility index (Phi) is 3.30. The fraction of sp³-hybridized carbons (Fsp3) is 0.750. The Labute approximate surface area is 96.8 Å². The van der Waals surface area contributed by atoms with Gasteiger partial charge >= 0.3 is 0 Å². The first kappa shape index (κ1) is 11.6. The monoisotopic (exact) mass is 223 g/mol. The number of hydrogen-bond acceptors (Lipinski definition) is 4. The number of rotatable bonds is 3. The number of aromatic nitrogens is 1. The van der Waals surface area contributed by atoms with E-state index in [1.807, 2.05) is 13.8 Å². The average Bonchev–Trinajstić information content (AvgIpc) is 2.74. The molecule has 1 aromatic rings. The van der Waals surface area contributed by atoms with E-state index in [1.165, 1.54) is 5.56 Å². The molecule has 1 fully saturated rings. The molecule has 2 heterocycles. The first-order valence-corrected chi connectivity index (χ1v) is 6.07. The highest BCUT2D eigenvalue weighted by Gasteiger charge is 2.35. The number of likely N-dealkylation sites (tertiary alicyclic amines) is 1. The largest absolute Gasteiger partial charge is 0.361 e. The highest BCUT2D eigenvalue weighted by molar-refractivity contribution is 5.27. The van der Waals surface area contributed by atoms with Gasteiger partial charge in [-0.05, 0) is 33.2 Å². The van der Waals surface area contributed by atoms with Gasteiger partial charge in [0.15, 0.2) is 0 Å². The summed E-state index contributed by atoms with van der Waals surface area (Å²) in [4.78, 5) is 2.46. The van der Waals surface area contributed by atoms with E-state index in [4.69, 9.17) is 10.3 Å². The quantitative estimate of drug-likeness (QED) is 0.848. The maximum Gasteiger partial charge on any atom is 0.138 e. The van der Waals surface area contributed by atoms with Gasteiger partial charge in [-0.1, -0.05) is 12.1 Å². The summed E-state index contributed by atoms with van der Waals surface area (Å²) in [6.07, 6.45) is 2.22. The van der Waals surface area contributed by atoms with E-state index in [2.05, 4.69) is 17.0 Å². The van der Waals surface area contributed by atoms with Crippen molar-refractivity contribution in [3.63, 3.8) is 0 Å². The number of nitrogens with two attached hydrogens (primary N) is 1. The lowest BCUT2D eigenvalue weighted by Gasteiger charge is -2.26. The van der Waals surface area contributed by atoms with Crippen LogP contribution in [0.2, 0.25) is 0 Å². The molecule has 2 atom stereocenters. The summed E-state index contributed by atoms with van der Waals surface area (Å²) < 4.78 is 5.25. The van der Waals surface area contributed by atoms with Gasteiger partial charge in [0.05, 0.1) is 11.7 Å². The van der Waals surface area contributed by atoms with Gasteiger partial charge in [-0.25, -0.2) is 0 Å². The van der Waals surface area contributed by atoms with Crippen LogP contribution in [0.1, 0.15) is 42.8 Å². The Bertz CT molecular complexity index is 340. The minimum Gasteiger partial charge on any atom is -0.361 e. The second kappa shape index (κ2) is 4.55. The predicted octanol–water partition coefficient (Wildman–Crippen LogP) is 1.78. The third-order valence-corrected chi connectivity index (χ3v) is 3.44. The molecule has 1 aliphatic rings. The molecule has 90 valence electrons. The maximum absolute atomic E-state index is 6.22. The van der Waals surface area contributed by atoms with Crippen LogP contribution >= 0.6 is 0 Å². The lowest BCUT2D eigenvalue weighted by Crippen LogP contribution is -2.33. The third-order valence-electron chi connectivity index (χ3n) is 3.44. The van der Waals surface area contributed by atoms with Crippen LogP contribution in [-0.2, 0) is 0 Å². The summed E-state index contributed by atoms with van der Waals surface area (Å²) in [5.41, 5.74) is 8.41. The molecule has 1 saturated heterocycles. The molecule has 0 unspecified atom stereocenters. The van der Waals surface area contributed by atoms with E-state index in [0.717, 1.165) is 37.4 Å². The summed E-state index contributed by atoms with van der Waals surface area (Å²) in [6, 6.07) is 0.509. The van der Waals surface area contributed by atoms with Crippen molar-refractivity contribution in [3.8, 4) is 0 Å². The summed E-state index contributed by atoms with van der Waals surface area (Å²) in [5.74, 6) is 0.918. The van der Waals surface area contributed by atoms with Crippen molar-refractivity contribution in [2.45, 2.75) is 45.7 Å². The van der Waals surface area contributed by atoms with Gasteiger partial charge in [0.1, 0.15) is 5.76 Å². The van der Waals surface area contributed by atoms with E-state index in [0.29, 0.717) is 6.04 Å². The van der Waals surface area contributed by atoms with E-state index < -0.39 is 0 Å². The van der Waals surface area contributed by atoms with Crippen LogP contribution in [0.25, 0.3) is 0 Å². The van der Waals surface area contributed by atoms with Crippen LogP contribution < -0.4 is 5.73 Å². The normalized spacial score (nSPS) is 26.5. The Hall–Kier alpha value is -0.870. The third kappa shape index (κ3) is 1.87. The lowest BCUT2D eigenvalue weighted by molar-refractivity contribution is 0.245. The molecule has 0 amide bonds. The van der Waals surface area contributed by atoms with E-state index in [1.54, 1.807) is 0 Å². The SMILES string of the molecule is CCCN1CC[C@H](N)[C@H]1c1c(C)noc1C. The van der Waals surface area contributed by atoms with Crippen molar-refractivity contribution in [1.29, 1.82) is 0 Å². The Morgan fingerprint density at radius 2 is 2.25 bits per heavy atom. The zero-order chi connectivity index (χ0) is 11.7. The van der Waals surface area contributed by atoms with Gasteiger partial charge in [0, 0.05) is 18.2 Å². The first-order chi connectivity index (χ1) is 7.65. The lowest BCUT2D eigenvalue weighted by atomic mass is 9.99. The highest BCUT2D eigenvalue weighted by atomic mass is 16.5. The molecule has 0 aromatic carbocycles. The van der Waals surface area contributed by atoms with Crippen LogP contribution in [0.5, 0.6) is 0 Å².